The van der Waals surface area contributed by atoms with Crippen molar-refractivity contribution >= 4 is 50.7 Å². The fraction of sp³-hybridized carbons (Fsp3) is 0.333. The number of nitrogens with zero attached hydrogens (tertiary/aromatic N) is 2. The van der Waals surface area contributed by atoms with E-state index in [0.29, 0.717) is 22.8 Å². The molecule has 3 rings (SSSR count). The molecule has 2 aromatic rings. The highest BCUT2D eigenvalue weighted by Gasteiger charge is 2.20. The SMILES string of the molecule is CCN(CC(=O)Nc1ccc(N2CCOCC2)cc1)C(=O)c1ccc(Br)cc1Cl. The summed E-state index contributed by atoms with van der Waals surface area (Å²) < 4.78 is 6.16. The largest absolute Gasteiger partial charge is 0.378 e. The van der Waals surface area contributed by atoms with Gasteiger partial charge in [0.05, 0.1) is 23.8 Å². The van der Waals surface area contributed by atoms with Crippen molar-refractivity contribution in [2.75, 3.05) is 49.6 Å². The van der Waals surface area contributed by atoms with Crippen molar-refractivity contribution in [2.24, 2.45) is 0 Å². The summed E-state index contributed by atoms with van der Waals surface area (Å²) in [6.07, 6.45) is 0. The van der Waals surface area contributed by atoms with Gasteiger partial charge in [-0.2, -0.15) is 0 Å². The number of amides is 2. The van der Waals surface area contributed by atoms with E-state index in [1.807, 2.05) is 31.2 Å². The zero-order chi connectivity index (χ0) is 20.8. The Bertz CT molecular complexity index is 870. The first-order valence-corrected chi connectivity index (χ1v) is 10.6. The van der Waals surface area contributed by atoms with Gasteiger partial charge in [0.15, 0.2) is 0 Å². The Morgan fingerprint density at radius 3 is 2.48 bits per heavy atom. The predicted molar refractivity (Wildman–Crippen MR) is 119 cm³/mol. The number of anilines is 2. The molecule has 2 amide bonds. The van der Waals surface area contributed by atoms with Gasteiger partial charge in [-0.1, -0.05) is 27.5 Å². The van der Waals surface area contributed by atoms with Crippen molar-refractivity contribution in [1.29, 1.82) is 0 Å². The Kier molecular flexibility index (Phi) is 7.52. The molecule has 1 aliphatic heterocycles. The van der Waals surface area contributed by atoms with E-state index in [1.165, 1.54) is 4.90 Å². The second-order valence-corrected chi connectivity index (χ2v) is 7.96. The Hall–Kier alpha value is -2.09. The van der Waals surface area contributed by atoms with E-state index in [2.05, 4.69) is 26.1 Å². The Morgan fingerprint density at radius 1 is 1.17 bits per heavy atom. The van der Waals surface area contributed by atoms with Crippen LogP contribution in [0.4, 0.5) is 11.4 Å². The summed E-state index contributed by atoms with van der Waals surface area (Å²) in [4.78, 5) is 28.9. The third-order valence-electron chi connectivity index (χ3n) is 4.69. The maximum atomic E-state index is 12.7. The second kappa shape index (κ2) is 10.1. The minimum absolute atomic E-state index is 0.0487. The van der Waals surface area contributed by atoms with Crippen LogP contribution in [-0.2, 0) is 9.53 Å². The van der Waals surface area contributed by atoms with Crippen LogP contribution in [0, 0.1) is 0 Å². The number of morpholine rings is 1. The molecule has 0 saturated carbocycles. The van der Waals surface area contributed by atoms with Crippen LogP contribution in [0.5, 0.6) is 0 Å². The molecule has 0 aliphatic carbocycles. The molecule has 0 radical (unpaired) electrons. The molecule has 0 spiro atoms. The monoisotopic (exact) mass is 479 g/mol. The normalized spacial score (nSPS) is 13.8. The molecule has 0 bridgehead atoms. The Labute approximate surface area is 183 Å². The second-order valence-electron chi connectivity index (χ2n) is 6.64. The average molecular weight is 481 g/mol. The number of likely N-dealkylation sites (N-methyl/N-ethyl adjacent to an activating group) is 1. The summed E-state index contributed by atoms with van der Waals surface area (Å²) in [5, 5.41) is 3.20. The lowest BCUT2D eigenvalue weighted by Gasteiger charge is -2.29. The quantitative estimate of drug-likeness (QED) is 0.678. The predicted octanol–water partition coefficient (Wildman–Crippen LogP) is 4.04. The van der Waals surface area contributed by atoms with E-state index in [9.17, 15) is 9.59 Å². The fourth-order valence-corrected chi connectivity index (χ4v) is 3.87. The number of hydrogen-bond acceptors (Lipinski definition) is 4. The van der Waals surface area contributed by atoms with E-state index >= 15 is 0 Å². The van der Waals surface area contributed by atoms with Crippen LogP contribution in [0.25, 0.3) is 0 Å². The average Bonchev–Trinajstić information content (AvgIpc) is 2.73. The van der Waals surface area contributed by atoms with E-state index in [4.69, 9.17) is 16.3 Å². The Balaban J connectivity index is 1.60. The van der Waals surface area contributed by atoms with Crippen LogP contribution in [0.1, 0.15) is 17.3 Å². The van der Waals surface area contributed by atoms with E-state index in [1.54, 1.807) is 18.2 Å². The van der Waals surface area contributed by atoms with Gasteiger partial charge in [-0.05, 0) is 49.4 Å². The zero-order valence-corrected chi connectivity index (χ0v) is 18.5. The lowest BCUT2D eigenvalue weighted by Crippen LogP contribution is -2.38. The topological polar surface area (TPSA) is 61.9 Å². The van der Waals surface area contributed by atoms with Crippen LogP contribution in [-0.4, -0.2) is 56.1 Å². The summed E-state index contributed by atoms with van der Waals surface area (Å²) in [5.41, 5.74) is 2.16. The van der Waals surface area contributed by atoms with Crippen molar-refractivity contribution < 1.29 is 14.3 Å². The molecule has 154 valence electrons. The van der Waals surface area contributed by atoms with Gasteiger partial charge in [0.25, 0.3) is 5.91 Å². The number of rotatable bonds is 6. The molecule has 1 aliphatic rings. The molecule has 1 fully saturated rings. The van der Waals surface area contributed by atoms with Crippen LogP contribution < -0.4 is 10.2 Å². The fourth-order valence-electron chi connectivity index (χ4n) is 3.11. The molecule has 6 nitrogen and oxygen atoms in total. The van der Waals surface area contributed by atoms with Crippen LogP contribution in [0.2, 0.25) is 5.02 Å². The minimum Gasteiger partial charge on any atom is -0.378 e. The molecule has 1 heterocycles. The summed E-state index contributed by atoms with van der Waals surface area (Å²) in [5.74, 6) is -0.532. The van der Waals surface area contributed by atoms with Gasteiger partial charge in [0, 0.05) is 35.5 Å². The molecule has 0 atom stereocenters. The first kappa shape index (κ1) is 21.6. The van der Waals surface area contributed by atoms with E-state index in [-0.39, 0.29) is 18.4 Å². The van der Waals surface area contributed by atoms with Gasteiger partial charge in [-0.3, -0.25) is 9.59 Å². The van der Waals surface area contributed by atoms with E-state index in [0.717, 1.165) is 36.5 Å². The highest BCUT2D eigenvalue weighted by molar-refractivity contribution is 9.10. The first-order chi connectivity index (χ1) is 14.0. The number of carbonyl (C=O) groups is 2. The molecule has 1 N–H and O–H groups in total. The third kappa shape index (κ3) is 5.72. The first-order valence-electron chi connectivity index (χ1n) is 9.45. The lowest BCUT2D eigenvalue weighted by atomic mass is 10.2. The maximum Gasteiger partial charge on any atom is 0.255 e. The number of ether oxygens (including phenoxy) is 1. The van der Waals surface area contributed by atoms with Crippen molar-refractivity contribution in [3.63, 3.8) is 0 Å². The molecular formula is C21H23BrClN3O3. The van der Waals surface area contributed by atoms with Crippen molar-refractivity contribution in [3.8, 4) is 0 Å². The molecule has 0 unspecified atom stereocenters. The molecule has 0 aromatic heterocycles. The van der Waals surface area contributed by atoms with E-state index < -0.39 is 0 Å². The molecule has 1 saturated heterocycles. The van der Waals surface area contributed by atoms with Gasteiger partial charge >= 0.3 is 0 Å². The van der Waals surface area contributed by atoms with Crippen molar-refractivity contribution in [2.45, 2.75) is 6.92 Å². The summed E-state index contributed by atoms with van der Waals surface area (Å²) in [7, 11) is 0. The van der Waals surface area contributed by atoms with Gasteiger partial charge in [0.2, 0.25) is 5.91 Å². The Morgan fingerprint density at radius 2 is 1.86 bits per heavy atom. The smallest absolute Gasteiger partial charge is 0.255 e. The molecular weight excluding hydrogens is 458 g/mol. The number of hydrogen-bond donors (Lipinski definition) is 1. The van der Waals surface area contributed by atoms with Gasteiger partial charge < -0.3 is 19.9 Å². The standard InChI is InChI=1S/C21H23BrClN3O3/c1-2-25(21(28)18-8-3-15(22)13-19(18)23)14-20(27)24-16-4-6-17(7-5-16)26-9-11-29-12-10-26/h3-8,13H,2,9-12,14H2,1H3,(H,24,27). The summed E-state index contributed by atoms with van der Waals surface area (Å²) in [6.45, 7) is 5.34. The third-order valence-corrected chi connectivity index (χ3v) is 5.50. The zero-order valence-electron chi connectivity index (χ0n) is 16.2. The highest BCUT2D eigenvalue weighted by atomic mass is 79.9. The number of carbonyl (C=O) groups excluding carboxylic acids is 2. The lowest BCUT2D eigenvalue weighted by molar-refractivity contribution is -0.116. The minimum atomic E-state index is -0.275. The number of halogens is 2. The highest BCUT2D eigenvalue weighted by Crippen LogP contribution is 2.23. The molecule has 8 heteroatoms. The molecule has 2 aromatic carbocycles. The van der Waals surface area contributed by atoms with Gasteiger partial charge in [-0.25, -0.2) is 0 Å². The van der Waals surface area contributed by atoms with Gasteiger partial charge in [0.1, 0.15) is 6.54 Å². The van der Waals surface area contributed by atoms with Crippen LogP contribution in [0.15, 0.2) is 46.9 Å². The van der Waals surface area contributed by atoms with Crippen molar-refractivity contribution in [3.05, 3.63) is 57.5 Å². The maximum absolute atomic E-state index is 12.7. The van der Waals surface area contributed by atoms with Crippen molar-refractivity contribution in [1.82, 2.24) is 4.90 Å². The summed E-state index contributed by atoms with van der Waals surface area (Å²) in [6, 6.07) is 12.8. The van der Waals surface area contributed by atoms with Crippen LogP contribution >= 0.6 is 27.5 Å². The number of benzene rings is 2. The van der Waals surface area contributed by atoms with Crippen LogP contribution in [0.3, 0.4) is 0 Å². The summed E-state index contributed by atoms with van der Waals surface area (Å²) >= 11 is 9.51. The molecule has 29 heavy (non-hydrogen) atoms. The number of nitrogens with one attached hydrogen (secondary N) is 1. The van der Waals surface area contributed by atoms with Gasteiger partial charge in [-0.15, -0.1) is 0 Å².